The average Bonchev–Trinajstić information content (AvgIpc) is 2.85. The Labute approximate surface area is 121 Å². The number of hydrogen-bond donors (Lipinski definition) is 1. The number of methoxy groups -OCH3 is 2. The van der Waals surface area contributed by atoms with Crippen molar-refractivity contribution in [2.75, 3.05) is 14.2 Å². The van der Waals surface area contributed by atoms with E-state index in [0.717, 1.165) is 0 Å². The smallest absolute Gasteiger partial charge is 0.339 e. The van der Waals surface area contributed by atoms with Gasteiger partial charge in [0.25, 0.3) is 0 Å². The molecule has 7 heteroatoms. The summed E-state index contributed by atoms with van der Waals surface area (Å²) >= 11 is 0. The maximum atomic E-state index is 11.1. The van der Waals surface area contributed by atoms with E-state index in [0.29, 0.717) is 22.9 Å². The molecular formula is C14H16N2O5. The first-order valence-corrected chi connectivity index (χ1v) is 6.16. The maximum absolute atomic E-state index is 11.1. The van der Waals surface area contributed by atoms with Gasteiger partial charge in [0.15, 0.2) is 11.5 Å². The molecule has 0 unspecified atom stereocenters. The number of ether oxygens (including phenoxy) is 3. The number of carbonyl (C=O) groups is 1. The quantitative estimate of drug-likeness (QED) is 0.872. The molecule has 0 atom stereocenters. The van der Waals surface area contributed by atoms with Crippen LogP contribution in [-0.2, 0) is 13.7 Å². The molecule has 0 aliphatic heterocycles. The van der Waals surface area contributed by atoms with Crippen LogP contribution in [0.25, 0.3) is 0 Å². The lowest BCUT2D eigenvalue weighted by Gasteiger charge is -2.14. The number of para-hydroxylation sites is 1. The van der Waals surface area contributed by atoms with Gasteiger partial charge < -0.3 is 19.3 Å². The summed E-state index contributed by atoms with van der Waals surface area (Å²) in [5, 5.41) is 13.0. The molecular weight excluding hydrogens is 276 g/mol. The fraction of sp³-hybridized carbons (Fsp3) is 0.286. The van der Waals surface area contributed by atoms with Crippen molar-refractivity contribution in [1.82, 2.24) is 9.78 Å². The topological polar surface area (TPSA) is 82.8 Å². The van der Waals surface area contributed by atoms with Crippen LogP contribution < -0.4 is 14.2 Å². The van der Waals surface area contributed by atoms with Gasteiger partial charge >= 0.3 is 5.97 Å². The number of nitrogens with zero attached hydrogens (tertiary/aromatic N) is 2. The SMILES string of the molecule is COc1cccc(OC)c1OCc1c(C(=O)O)cnn1C. The fourth-order valence-corrected chi connectivity index (χ4v) is 1.91. The number of carboxylic acids is 1. The van der Waals surface area contributed by atoms with Crippen LogP contribution in [0, 0.1) is 0 Å². The molecule has 0 aliphatic carbocycles. The number of hydrogen-bond acceptors (Lipinski definition) is 5. The molecule has 2 rings (SSSR count). The second kappa shape index (κ2) is 6.17. The Hall–Kier alpha value is -2.70. The van der Waals surface area contributed by atoms with Gasteiger partial charge in [-0.3, -0.25) is 4.68 Å². The molecule has 7 nitrogen and oxygen atoms in total. The third kappa shape index (κ3) is 2.91. The Morgan fingerprint density at radius 2 is 1.90 bits per heavy atom. The van der Waals surface area contributed by atoms with Crippen molar-refractivity contribution in [2.45, 2.75) is 6.61 Å². The second-order valence-corrected chi connectivity index (χ2v) is 4.21. The highest BCUT2D eigenvalue weighted by molar-refractivity contribution is 5.88. The molecule has 1 aromatic heterocycles. The normalized spacial score (nSPS) is 10.2. The van der Waals surface area contributed by atoms with Crippen LogP contribution in [0.4, 0.5) is 0 Å². The van der Waals surface area contributed by atoms with E-state index in [1.165, 1.54) is 25.1 Å². The van der Waals surface area contributed by atoms with Gasteiger partial charge in [0.1, 0.15) is 12.2 Å². The predicted molar refractivity (Wildman–Crippen MR) is 74.0 cm³/mol. The van der Waals surface area contributed by atoms with Crippen molar-refractivity contribution >= 4 is 5.97 Å². The Balaban J connectivity index is 2.28. The third-order valence-corrected chi connectivity index (χ3v) is 3.03. The zero-order chi connectivity index (χ0) is 15.4. The lowest BCUT2D eigenvalue weighted by Crippen LogP contribution is -2.09. The third-order valence-electron chi connectivity index (χ3n) is 3.03. The number of carboxylic acid groups (broad SMARTS) is 1. The van der Waals surface area contributed by atoms with Crippen LogP contribution in [-0.4, -0.2) is 35.1 Å². The standard InChI is InChI=1S/C14H16N2O5/c1-16-10(9(7-15-16)14(17)18)8-21-13-11(19-2)5-4-6-12(13)20-3/h4-7H,8H2,1-3H3,(H,17,18). The van der Waals surface area contributed by atoms with Gasteiger partial charge in [-0.25, -0.2) is 4.79 Å². The Bertz CT molecular complexity index is 629. The number of aromatic nitrogens is 2. The van der Waals surface area contributed by atoms with Crippen LogP contribution >= 0.6 is 0 Å². The predicted octanol–water partition coefficient (Wildman–Crippen LogP) is 1.71. The van der Waals surface area contributed by atoms with E-state index in [9.17, 15) is 4.79 Å². The van der Waals surface area contributed by atoms with Crippen molar-refractivity contribution in [2.24, 2.45) is 7.05 Å². The molecule has 0 aliphatic rings. The molecule has 0 radical (unpaired) electrons. The Kier molecular flexibility index (Phi) is 4.32. The van der Waals surface area contributed by atoms with Crippen molar-refractivity contribution in [3.63, 3.8) is 0 Å². The van der Waals surface area contributed by atoms with E-state index in [4.69, 9.17) is 19.3 Å². The average molecular weight is 292 g/mol. The summed E-state index contributed by atoms with van der Waals surface area (Å²) < 4.78 is 17.6. The molecule has 0 fully saturated rings. The zero-order valence-corrected chi connectivity index (χ0v) is 12.0. The molecule has 112 valence electrons. The largest absolute Gasteiger partial charge is 0.493 e. The first-order valence-electron chi connectivity index (χ1n) is 6.16. The van der Waals surface area contributed by atoms with Gasteiger partial charge in [-0.15, -0.1) is 0 Å². The zero-order valence-electron chi connectivity index (χ0n) is 12.0. The van der Waals surface area contributed by atoms with E-state index in [1.807, 2.05) is 0 Å². The monoisotopic (exact) mass is 292 g/mol. The summed E-state index contributed by atoms with van der Waals surface area (Å²) in [6, 6.07) is 5.25. The molecule has 0 amide bonds. The van der Waals surface area contributed by atoms with E-state index in [1.54, 1.807) is 25.2 Å². The van der Waals surface area contributed by atoms with Gasteiger partial charge in [-0.1, -0.05) is 6.07 Å². The number of rotatable bonds is 6. The molecule has 0 saturated heterocycles. The van der Waals surface area contributed by atoms with E-state index < -0.39 is 5.97 Å². The summed E-state index contributed by atoms with van der Waals surface area (Å²) in [4.78, 5) is 11.1. The highest BCUT2D eigenvalue weighted by atomic mass is 16.5. The summed E-state index contributed by atoms with van der Waals surface area (Å²) in [6.45, 7) is 0.0366. The van der Waals surface area contributed by atoms with Crippen molar-refractivity contribution in [3.05, 3.63) is 35.7 Å². The van der Waals surface area contributed by atoms with Crippen molar-refractivity contribution < 1.29 is 24.1 Å². The van der Waals surface area contributed by atoms with E-state index in [-0.39, 0.29) is 12.2 Å². The number of aromatic carboxylic acids is 1. The second-order valence-electron chi connectivity index (χ2n) is 4.21. The van der Waals surface area contributed by atoms with Gasteiger partial charge in [0.2, 0.25) is 5.75 Å². The first-order chi connectivity index (χ1) is 10.1. The lowest BCUT2D eigenvalue weighted by molar-refractivity contribution is 0.0693. The lowest BCUT2D eigenvalue weighted by atomic mass is 10.2. The first kappa shape index (κ1) is 14.7. The number of aryl methyl sites for hydroxylation is 1. The number of benzene rings is 1. The minimum atomic E-state index is -1.05. The highest BCUT2D eigenvalue weighted by Crippen LogP contribution is 2.37. The maximum Gasteiger partial charge on any atom is 0.339 e. The molecule has 0 bridgehead atoms. The minimum Gasteiger partial charge on any atom is -0.493 e. The Morgan fingerprint density at radius 1 is 1.29 bits per heavy atom. The molecule has 0 spiro atoms. The molecule has 21 heavy (non-hydrogen) atoms. The van der Waals surface area contributed by atoms with Gasteiger partial charge in [-0.05, 0) is 12.1 Å². The van der Waals surface area contributed by atoms with Gasteiger partial charge in [0, 0.05) is 7.05 Å². The van der Waals surface area contributed by atoms with E-state index in [2.05, 4.69) is 5.10 Å². The van der Waals surface area contributed by atoms with Crippen molar-refractivity contribution in [3.8, 4) is 17.2 Å². The van der Waals surface area contributed by atoms with E-state index >= 15 is 0 Å². The molecule has 2 aromatic rings. The summed E-state index contributed by atoms with van der Waals surface area (Å²) in [5.41, 5.74) is 0.557. The van der Waals surface area contributed by atoms with Crippen LogP contribution in [0.3, 0.4) is 0 Å². The molecule has 1 N–H and O–H groups in total. The van der Waals surface area contributed by atoms with Gasteiger partial charge in [0.05, 0.1) is 26.1 Å². The molecule has 1 heterocycles. The fourth-order valence-electron chi connectivity index (χ4n) is 1.91. The molecule has 0 saturated carbocycles. The summed E-state index contributed by atoms with van der Waals surface area (Å²) in [7, 11) is 4.70. The van der Waals surface area contributed by atoms with Crippen LogP contribution in [0.1, 0.15) is 16.1 Å². The molecule has 1 aromatic carbocycles. The minimum absolute atomic E-state index is 0.0366. The van der Waals surface area contributed by atoms with Crippen LogP contribution in [0.2, 0.25) is 0 Å². The summed E-state index contributed by atoms with van der Waals surface area (Å²) in [6.07, 6.45) is 1.29. The van der Waals surface area contributed by atoms with Crippen LogP contribution in [0.5, 0.6) is 17.2 Å². The van der Waals surface area contributed by atoms with Gasteiger partial charge in [-0.2, -0.15) is 5.10 Å². The van der Waals surface area contributed by atoms with Crippen LogP contribution in [0.15, 0.2) is 24.4 Å². The Morgan fingerprint density at radius 3 is 2.43 bits per heavy atom. The summed E-state index contributed by atoms with van der Waals surface area (Å²) in [5.74, 6) is 0.385. The van der Waals surface area contributed by atoms with Crippen molar-refractivity contribution in [1.29, 1.82) is 0 Å². The highest BCUT2D eigenvalue weighted by Gasteiger charge is 2.18.